The number of fused-ring (bicyclic) bond motifs is 3. The van der Waals surface area contributed by atoms with Crippen molar-refractivity contribution in [3.8, 4) is 0 Å². The van der Waals surface area contributed by atoms with E-state index in [0.29, 0.717) is 47.9 Å². The monoisotopic (exact) mass is 474 g/mol. The number of pyridine rings is 1. The number of aromatic amines is 1. The normalized spacial score (nSPS) is 15.3. The molecule has 2 aromatic heterocycles. The molecule has 0 bridgehead atoms. The van der Waals surface area contributed by atoms with Crippen LogP contribution >= 0.6 is 11.3 Å². The van der Waals surface area contributed by atoms with Crippen molar-refractivity contribution in [2.24, 2.45) is 0 Å². The van der Waals surface area contributed by atoms with E-state index in [1.807, 2.05) is 6.92 Å². The molecule has 10 nitrogen and oxygen atoms in total. The van der Waals surface area contributed by atoms with Gasteiger partial charge in [0.05, 0.1) is 12.1 Å². The van der Waals surface area contributed by atoms with Crippen LogP contribution < -0.4 is 10.5 Å². The summed E-state index contributed by atoms with van der Waals surface area (Å²) in [4.78, 5) is 67.8. The molecule has 0 atom stereocenters. The van der Waals surface area contributed by atoms with Gasteiger partial charge in [0.15, 0.2) is 0 Å². The van der Waals surface area contributed by atoms with Crippen molar-refractivity contribution in [1.82, 2.24) is 14.8 Å². The van der Waals surface area contributed by atoms with E-state index < -0.39 is 0 Å². The van der Waals surface area contributed by atoms with Crippen LogP contribution in [-0.4, -0.2) is 70.8 Å². The molecular formula is C22H26N4O6S. The van der Waals surface area contributed by atoms with Crippen LogP contribution in [0.1, 0.15) is 49.3 Å². The molecule has 33 heavy (non-hydrogen) atoms. The third-order valence-corrected chi connectivity index (χ3v) is 6.94. The first-order valence-electron chi connectivity index (χ1n) is 10.4. The first kappa shape index (κ1) is 24.2. The van der Waals surface area contributed by atoms with E-state index >= 15 is 0 Å². The zero-order valence-electron chi connectivity index (χ0n) is 18.9. The average Bonchev–Trinajstić information content (AvgIpc) is 3.07. The number of nitrogens with zero attached hydrogens (tertiary/aromatic N) is 3. The Bertz CT molecular complexity index is 1180. The first-order chi connectivity index (χ1) is 15.6. The molecule has 2 N–H and O–H groups in total. The summed E-state index contributed by atoms with van der Waals surface area (Å²) < 4.78 is 0. The van der Waals surface area contributed by atoms with Gasteiger partial charge in [-0.2, -0.15) is 0 Å². The largest absolute Gasteiger partial charge is 0.483 e. The lowest BCUT2D eigenvalue weighted by Crippen LogP contribution is -2.39. The summed E-state index contributed by atoms with van der Waals surface area (Å²) in [6, 6.07) is 1.79. The number of H-pyrrole nitrogens is 1. The summed E-state index contributed by atoms with van der Waals surface area (Å²) in [5.41, 5.74) is 2.63. The van der Waals surface area contributed by atoms with Crippen LogP contribution in [-0.2, 0) is 22.6 Å². The lowest BCUT2D eigenvalue weighted by atomic mass is 10.0. The lowest BCUT2D eigenvalue weighted by molar-refractivity contribution is -0.123. The second kappa shape index (κ2) is 9.57. The molecule has 0 radical (unpaired) electrons. The second-order valence-electron chi connectivity index (χ2n) is 7.90. The number of anilines is 1. The van der Waals surface area contributed by atoms with Gasteiger partial charge in [-0.05, 0) is 44.4 Å². The third kappa shape index (κ3) is 4.40. The molecule has 0 saturated carbocycles. The fourth-order valence-electron chi connectivity index (χ4n) is 4.23. The highest BCUT2D eigenvalue weighted by atomic mass is 32.1. The minimum atomic E-state index is -0.384. The van der Waals surface area contributed by atoms with Gasteiger partial charge >= 0.3 is 0 Å². The molecule has 2 aliphatic heterocycles. The van der Waals surface area contributed by atoms with Gasteiger partial charge in [0.25, 0.3) is 23.8 Å². The van der Waals surface area contributed by atoms with E-state index in [-0.39, 0.29) is 41.9 Å². The van der Waals surface area contributed by atoms with Crippen molar-refractivity contribution in [3.63, 3.8) is 0 Å². The molecule has 0 aliphatic carbocycles. The van der Waals surface area contributed by atoms with Gasteiger partial charge in [0, 0.05) is 30.7 Å². The predicted molar refractivity (Wildman–Crippen MR) is 123 cm³/mol. The van der Waals surface area contributed by atoms with Crippen LogP contribution in [0.15, 0.2) is 10.9 Å². The van der Waals surface area contributed by atoms with Crippen LogP contribution in [0, 0.1) is 13.8 Å². The summed E-state index contributed by atoms with van der Waals surface area (Å²) in [5.74, 6) is -0.576. The quantitative estimate of drug-likeness (QED) is 0.633. The van der Waals surface area contributed by atoms with Crippen LogP contribution in [0.3, 0.4) is 0 Å². The summed E-state index contributed by atoms with van der Waals surface area (Å²) in [6.45, 7) is 6.45. The van der Waals surface area contributed by atoms with Gasteiger partial charge in [-0.1, -0.05) is 0 Å². The third-order valence-electron chi connectivity index (χ3n) is 5.70. The van der Waals surface area contributed by atoms with Crippen molar-refractivity contribution >= 4 is 40.5 Å². The average molecular weight is 475 g/mol. The standard InChI is InChI=1S/C21H24N4O4S.CH2O2/c1-5-25-15(26)10-23(4)19(28)17-13-6-7-24(9-14(13)30-21(17)25)20(29)16-11(2)8-12(3)22-18(16)27;2-1-3/h8H,5-7,9-10H2,1-4H3,(H,22,27);1H,(H,2,3). The van der Waals surface area contributed by atoms with Crippen LogP contribution in [0.25, 0.3) is 0 Å². The van der Waals surface area contributed by atoms with E-state index in [2.05, 4.69) is 4.98 Å². The van der Waals surface area contributed by atoms with Gasteiger partial charge in [-0.15, -0.1) is 11.3 Å². The molecule has 0 spiro atoms. The van der Waals surface area contributed by atoms with Gasteiger partial charge in [0.1, 0.15) is 17.1 Å². The molecule has 3 amide bonds. The Kier molecular flexibility index (Phi) is 7.01. The zero-order valence-corrected chi connectivity index (χ0v) is 19.7. The van der Waals surface area contributed by atoms with Crippen molar-refractivity contribution in [2.45, 2.75) is 33.7 Å². The SMILES string of the molecule is CCN1C(=O)CN(C)C(=O)c2c1sc1c2CCN(C(=O)c2c(C)cc(C)[nH]c2=O)C1.O=CO. The van der Waals surface area contributed by atoms with Gasteiger partial charge < -0.3 is 24.8 Å². The molecule has 176 valence electrons. The fourth-order valence-corrected chi connectivity index (χ4v) is 5.67. The van der Waals surface area contributed by atoms with Crippen molar-refractivity contribution < 1.29 is 24.3 Å². The summed E-state index contributed by atoms with van der Waals surface area (Å²) in [6.07, 6.45) is 0.515. The smallest absolute Gasteiger partial charge is 0.290 e. The minimum Gasteiger partial charge on any atom is -0.483 e. The topological polar surface area (TPSA) is 131 Å². The lowest BCUT2D eigenvalue weighted by Gasteiger charge is -2.28. The van der Waals surface area contributed by atoms with Crippen molar-refractivity contribution in [1.29, 1.82) is 0 Å². The number of hydrogen-bond donors (Lipinski definition) is 2. The summed E-state index contributed by atoms with van der Waals surface area (Å²) >= 11 is 1.40. The molecule has 0 fully saturated rings. The number of aromatic nitrogens is 1. The first-order valence-corrected chi connectivity index (χ1v) is 11.2. The summed E-state index contributed by atoms with van der Waals surface area (Å²) in [7, 11) is 1.64. The van der Waals surface area contributed by atoms with Crippen LogP contribution in [0.5, 0.6) is 0 Å². The molecule has 2 aromatic rings. The molecule has 0 unspecified atom stereocenters. The number of likely N-dealkylation sites (N-methyl/N-ethyl adjacent to an activating group) is 2. The summed E-state index contributed by atoms with van der Waals surface area (Å²) in [5, 5.41) is 7.56. The number of amides is 3. The van der Waals surface area contributed by atoms with Crippen LogP contribution in [0.2, 0.25) is 0 Å². The maximum absolute atomic E-state index is 13.1. The van der Waals surface area contributed by atoms with Gasteiger partial charge in [-0.3, -0.25) is 24.0 Å². The molecule has 4 rings (SSSR count). The number of carboxylic acid groups (broad SMARTS) is 1. The highest BCUT2D eigenvalue weighted by Crippen LogP contribution is 2.41. The van der Waals surface area contributed by atoms with E-state index in [4.69, 9.17) is 9.90 Å². The molecule has 0 aromatic carbocycles. The number of carbonyl (C=O) groups is 4. The number of hydrogen-bond acceptors (Lipinski definition) is 6. The molecule has 4 heterocycles. The Morgan fingerprint density at radius 2 is 1.91 bits per heavy atom. The Morgan fingerprint density at radius 1 is 1.24 bits per heavy atom. The molecule has 11 heteroatoms. The van der Waals surface area contributed by atoms with Crippen molar-refractivity contribution in [3.05, 3.63) is 49.2 Å². The van der Waals surface area contributed by atoms with E-state index in [9.17, 15) is 19.2 Å². The predicted octanol–water partition coefficient (Wildman–Crippen LogP) is 1.39. The Morgan fingerprint density at radius 3 is 2.52 bits per heavy atom. The van der Waals surface area contributed by atoms with E-state index in [0.717, 1.165) is 10.4 Å². The Balaban J connectivity index is 0.000000968. The van der Waals surface area contributed by atoms with Crippen LogP contribution in [0.4, 0.5) is 5.00 Å². The number of aryl methyl sites for hydroxylation is 2. The fraction of sp³-hybridized carbons (Fsp3) is 0.409. The minimum absolute atomic E-state index is 0.0585. The van der Waals surface area contributed by atoms with Crippen molar-refractivity contribution in [2.75, 3.05) is 31.6 Å². The Hall–Kier alpha value is -3.47. The highest BCUT2D eigenvalue weighted by Gasteiger charge is 2.37. The number of carbonyl (C=O) groups excluding carboxylic acids is 3. The molecule has 2 aliphatic rings. The zero-order chi connectivity index (χ0) is 24.4. The highest BCUT2D eigenvalue weighted by molar-refractivity contribution is 7.17. The number of thiophene rings is 1. The Labute approximate surface area is 194 Å². The van der Waals surface area contributed by atoms with E-state index in [1.54, 1.807) is 36.8 Å². The van der Waals surface area contributed by atoms with E-state index in [1.165, 1.54) is 16.2 Å². The van der Waals surface area contributed by atoms with Gasteiger partial charge in [-0.25, -0.2) is 0 Å². The maximum Gasteiger partial charge on any atom is 0.290 e. The number of nitrogens with one attached hydrogen (secondary N) is 1. The maximum atomic E-state index is 13.1. The van der Waals surface area contributed by atoms with Gasteiger partial charge in [0.2, 0.25) is 5.91 Å². The number of rotatable bonds is 2. The molecule has 0 saturated heterocycles. The molecular weight excluding hydrogens is 448 g/mol. The second-order valence-corrected chi connectivity index (χ2v) is 8.99.